The third-order valence-corrected chi connectivity index (χ3v) is 13.9. The number of carbonyl (C=O) groups excluding carboxylic acids is 2. The molecule has 4 rings (SSSR count). The highest BCUT2D eigenvalue weighted by atomic mass is 16.5. The Hall–Kier alpha value is -2.15. The van der Waals surface area contributed by atoms with Gasteiger partial charge in [0.15, 0.2) is 0 Å². The minimum Gasteiger partial charge on any atom is -0.480 e. The number of fused-ring (bicyclic) bond motifs is 5. The van der Waals surface area contributed by atoms with Gasteiger partial charge in [0.25, 0.3) is 0 Å². The van der Waals surface area contributed by atoms with Crippen LogP contribution in [0.25, 0.3) is 0 Å². The maximum atomic E-state index is 12.8. The zero-order valence-electron chi connectivity index (χ0n) is 31.3. The lowest BCUT2D eigenvalue weighted by molar-refractivity contribution is -0.181. The molecule has 7 nitrogen and oxygen atoms in total. The van der Waals surface area contributed by atoms with Crippen LogP contribution in [0.15, 0.2) is 24.3 Å². The minimum absolute atomic E-state index is 0.0179. The zero-order chi connectivity index (χ0) is 35.4. The summed E-state index contributed by atoms with van der Waals surface area (Å²) in [5.41, 5.74) is 0.0392. The second-order valence-electron chi connectivity index (χ2n) is 16.8. The van der Waals surface area contributed by atoms with Gasteiger partial charge in [-0.15, -0.1) is 0 Å². The van der Waals surface area contributed by atoms with Crippen molar-refractivity contribution >= 4 is 17.8 Å². The molecule has 4 aliphatic carbocycles. The number of carboxylic acid groups (broad SMARTS) is 1. The van der Waals surface area contributed by atoms with Crippen LogP contribution in [0.5, 0.6) is 0 Å². The number of hydrogen-bond acceptors (Lipinski definition) is 5. The standard InChI is InChI=1S/C42H69NO6/c1-5-6-7-8-9-10-11-12-13-14-15-16-17-18-40(48)49-32-25-26-41(3)31(27-32)20-21-33-35-23-22-34(42(35,4)37(44)28-36(33)41)30(2)19-24-38(45)43-29-39(46)47/h7-8,10-11,30-37,44H,5-6,9,12-29H2,1-4H3,(H,43,45)(H,46,47)/b8-7-,11-10-. The number of hydrogen-bond donors (Lipinski definition) is 3. The van der Waals surface area contributed by atoms with E-state index in [9.17, 15) is 19.5 Å². The summed E-state index contributed by atoms with van der Waals surface area (Å²) < 4.78 is 6.08. The van der Waals surface area contributed by atoms with Crippen molar-refractivity contribution in [3.8, 4) is 0 Å². The topological polar surface area (TPSA) is 113 Å². The van der Waals surface area contributed by atoms with Gasteiger partial charge in [-0.25, -0.2) is 0 Å². The van der Waals surface area contributed by atoms with E-state index < -0.39 is 5.97 Å². The van der Waals surface area contributed by atoms with Crippen molar-refractivity contribution in [1.29, 1.82) is 0 Å². The first-order chi connectivity index (χ1) is 23.5. The Balaban J connectivity index is 1.18. The SMILES string of the molecule is CCC/C=C\C/C=C\CCCCCCCC(=O)OC1CCC2(C)C(CCC3C2CC(O)C2(C)C(C(C)CCC(=O)NCC(=O)O)CCC32)C1. The Bertz CT molecular complexity index is 1130. The van der Waals surface area contributed by atoms with Crippen molar-refractivity contribution in [2.24, 2.45) is 46.3 Å². The molecule has 0 aromatic rings. The molecule has 10 unspecified atom stereocenters. The summed E-state index contributed by atoms with van der Waals surface area (Å²) in [7, 11) is 0. The quantitative estimate of drug-likeness (QED) is 0.0711. The predicted octanol–water partition coefficient (Wildman–Crippen LogP) is 9.18. The number of aliphatic carboxylic acids is 1. The van der Waals surface area contributed by atoms with Crippen LogP contribution >= 0.6 is 0 Å². The molecule has 4 fully saturated rings. The van der Waals surface area contributed by atoms with E-state index in [1.165, 1.54) is 44.9 Å². The molecule has 0 aliphatic heterocycles. The fourth-order valence-corrected chi connectivity index (χ4v) is 11.1. The van der Waals surface area contributed by atoms with Gasteiger partial charge in [-0.2, -0.15) is 0 Å². The molecular formula is C42H69NO6. The Morgan fingerprint density at radius 1 is 0.878 bits per heavy atom. The van der Waals surface area contributed by atoms with Crippen molar-refractivity contribution in [2.45, 2.75) is 168 Å². The lowest BCUT2D eigenvalue weighted by Gasteiger charge is -2.62. The maximum Gasteiger partial charge on any atom is 0.322 e. The summed E-state index contributed by atoms with van der Waals surface area (Å²) in [6.45, 7) is 8.90. The molecule has 3 N–H and O–H groups in total. The first-order valence-electron chi connectivity index (χ1n) is 20.2. The first-order valence-corrected chi connectivity index (χ1v) is 20.2. The van der Waals surface area contributed by atoms with Gasteiger partial charge in [0.2, 0.25) is 5.91 Å². The summed E-state index contributed by atoms with van der Waals surface area (Å²) in [5.74, 6) is 1.57. The third-order valence-electron chi connectivity index (χ3n) is 13.9. The molecule has 0 aromatic heterocycles. The largest absolute Gasteiger partial charge is 0.480 e. The van der Waals surface area contributed by atoms with E-state index in [1.54, 1.807) is 0 Å². The number of nitrogens with one attached hydrogen (secondary N) is 1. The average Bonchev–Trinajstić information content (AvgIpc) is 3.44. The molecule has 0 bridgehead atoms. The van der Waals surface area contributed by atoms with E-state index in [0.717, 1.165) is 64.2 Å². The third kappa shape index (κ3) is 10.2. The van der Waals surface area contributed by atoms with Crippen LogP contribution in [0.1, 0.15) is 156 Å². The van der Waals surface area contributed by atoms with Crippen LogP contribution < -0.4 is 5.32 Å². The Morgan fingerprint density at radius 3 is 2.37 bits per heavy atom. The Kier molecular flexibility index (Phi) is 15.3. The molecule has 7 heteroatoms. The van der Waals surface area contributed by atoms with Crippen molar-refractivity contribution in [1.82, 2.24) is 5.32 Å². The van der Waals surface area contributed by atoms with E-state index >= 15 is 0 Å². The highest BCUT2D eigenvalue weighted by Crippen LogP contribution is 2.68. The number of unbranched alkanes of at least 4 members (excludes halogenated alkanes) is 6. The molecule has 0 heterocycles. The monoisotopic (exact) mass is 684 g/mol. The number of amides is 1. The number of carboxylic acids is 1. The summed E-state index contributed by atoms with van der Waals surface area (Å²) >= 11 is 0. The number of rotatable bonds is 19. The summed E-state index contributed by atoms with van der Waals surface area (Å²) in [6, 6.07) is 0. The summed E-state index contributed by atoms with van der Waals surface area (Å²) in [6.07, 6.45) is 29.0. The molecule has 0 saturated heterocycles. The summed E-state index contributed by atoms with van der Waals surface area (Å²) in [5, 5.41) is 23.2. The molecule has 49 heavy (non-hydrogen) atoms. The normalized spacial score (nSPS) is 34.7. The van der Waals surface area contributed by atoms with Gasteiger partial charge in [-0.05, 0) is 136 Å². The van der Waals surface area contributed by atoms with Crippen LogP contribution in [0.3, 0.4) is 0 Å². The van der Waals surface area contributed by atoms with Crippen LogP contribution in [0.4, 0.5) is 0 Å². The van der Waals surface area contributed by atoms with Crippen LogP contribution in [0, 0.1) is 46.3 Å². The smallest absolute Gasteiger partial charge is 0.322 e. The van der Waals surface area contributed by atoms with Gasteiger partial charge in [-0.3, -0.25) is 14.4 Å². The van der Waals surface area contributed by atoms with E-state index in [4.69, 9.17) is 9.84 Å². The van der Waals surface area contributed by atoms with Crippen molar-refractivity contribution in [2.75, 3.05) is 6.54 Å². The van der Waals surface area contributed by atoms with Gasteiger partial charge >= 0.3 is 11.9 Å². The average molecular weight is 684 g/mol. The molecule has 278 valence electrons. The second kappa shape index (κ2) is 18.9. The Labute approximate surface area is 297 Å². The molecule has 10 atom stereocenters. The van der Waals surface area contributed by atoms with E-state index in [-0.39, 0.29) is 41.5 Å². The van der Waals surface area contributed by atoms with Crippen LogP contribution in [-0.2, 0) is 19.1 Å². The number of carbonyl (C=O) groups is 3. The summed E-state index contributed by atoms with van der Waals surface area (Å²) in [4.78, 5) is 35.8. The van der Waals surface area contributed by atoms with Crippen LogP contribution in [-0.4, -0.2) is 46.8 Å². The van der Waals surface area contributed by atoms with Gasteiger partial charge in [0.05, 0.1) is 6.10 Å². The first kappa shape index (κ1) is 39.6. The van der Waals surface area contributed by atoms with Crippen molar-refractivity contribution in [3.63, 3.8) is 0 Å². The lowest BCUT2D eigenvalue weighted by atomic mass is 9.43. The van der Waals surface area contributed by atoms with Gasteiger partial charge in [0, 0.05) is 12.8 Å². The fraction of sp³-hybridized carbons (Fsp3) is 0.833. The molecule has 4 saturated carbocycles. The fourth-order valence-electron chi connectivity index (χ4n) is 11.1. The molecule has 0 radical (unpaired) electrons. The predicted molar refractivity (Wildman–Crippen MR) is 196 cm³/mol. The lowest BCUT2D eigenvalue weighted by Crippen LogP contribution is -2.59. The zero-order valence-corrected chi connectivity index (χ0v) is 31.3. The number of esters is 1. The van der Waals surface area contributed by atoms with E-state index in [1.807, 2.05) is 0 Å². The maximum absolute atomic E-state index is 12.8. The van der Waals surface area contributed by atoms with E-state index in [0.29, 0.717) is 54.8 Å². The van der Waals surface area contributed by atoms with Crippen molar-refractivity contribution < 1.29 is 29.3 Å². The highest BCUT2D eigenvalue weighted by Gasteiger charge is 2.63. The van der Waals surface area contributed by atoms with E-state index in [2.05, 4.69) is 57.3 Å². The van der Waals surface area contributed by atoms with Gasteiger partial charge < -0.3 is 20.3 Å². The molecule has 0 aromatic carbocycles. The highest BCUT2D eigenvalue weighted by molar-refractivity contribution is 5.81. The Morgan fingerprint density at radius 2 is 1.61 bits per heavy atom. The molecule has 0 spiro atoms. The van der Waals surface area contributed by atoms with Crippen molar-refractivity contribution in [3.05, 3.63) is 24.3 Å². The number of aliphatic hydroxyl groups is 1. The van der Waals surface area contributed by atoms with Gasteiger partial charge in [-0.1, -0.05) is 77.7 Å². The molecule has 4 aliphatic rings. The minimum atomic E-state index is -1.03. The number of ether oxygens (including phenoxy) is 1. The van der Waals surface area contributed by atoms with Gasteiger partial charge in [0.1, 0.15) is 12.6 Å². The molecule has 1 amide bonds. The van der Waals surface area contributed by atoms with Crippen LogP contribution in [0.2, 0.25) is 0 Å². The molecular weight excluding hydrogens is 614 g/mol. The second-order valence-corrected chi connectivity index (χ2v) is 16.8. The number of aliphatic hydroxyl groups excluding tert-OH is 1. The number of allylic oxidation sites excluding steroid dienone is 4.